The van der Waals surface area contributed by atoms with Crippen LogP contribution in [0.2, 0.25) is 5.02 Å². The molecule has 17 heavy (non-hydrogen) atoms. The Labute approximate surface area is 105 Å². The third-order valence-electron chi connectivity index (χ3n) is 2.80. The summed E-state index contributed by atoms with van der Waals surface area (Å²) in [5.41, 5.74) is 1.54. The van der Waals surface area contributed by atoms with Gasteiger partial charge in [-0.2, -0.15) is 0 Å². The first-order valence-electron chi connectivity index (χ1n) is 5.51. The normalized spacial score (nSPS) is 15.6. The molecule has 3 nitrogen and oxygen atoms in total. The Balaban J connectivity index is 2.25. The van der Waals surface area contributed by atoms with Crippen LogP contribution in [0.25, 0.3) is 0 Å². The summed E-state index contributed by atoms with van der Waals surface area (Å²) in [6.07, 6.45) is 3.00. The van der Waals surface area contributed by atoms with Gasteiger partial charge in [-0.25, -0.2) is 0 Å². The third kappa shape index (κ3) is 2.61. The number of aromatic hydroxyl groups is 1. The summed E-state index contributed by atoms with van der Waals surface area (Å²) in [5.74, 6) is -0.0691. The van der Waals surface area contributed by atoms with E-state index in [1.807, 2.05) is 6.92 Å². The van der Waals surface area contributed by atoms with Gasteiger partial charge in [0.05, 0.1) is 10.6 Å². The van der Waals surface area contributed by atoms with Crippen LogP contribution in [0, 0.1) is 0 Å². The van der Waals surface area contributed by atoms with Crippen molar-refractivity contribution < 1.29 is 9.90 Å². The van der Waals surface area contributed by atoms with E-state index in [9.17, 15) is 9.90 Å². The van der Waals surface area contributed by atoms with Gasteiger partial charge in [-0.15, -0.1) is 0 Å². The fourth-order valence-electron chi connectivity index (χ4n) is 1.93. The molecule has 0 fully saturated rings. The van der Waals surface area contributed by atoms with E-state index in [-0.39, 0.29) is 11.7 Å². The van der Waals surface area contributed by atoms with Gasteiger partial charge >= 0.3 is 0 Å². The molecule has 0 atom stereocenters. The highest BCUT2D eigenvalue weighted by Crippen LogP contribution is 2.23. The monoisotopic (exact) mass is 251 g/mol. The molecule has 1 aromatic carbocycles. The number of phenols is 1. The van der Waals surface area contributed by atoms with Crippen molar-refractivity contribution in [2.24, 2.45) is 0 Å². The predicted molar refractivity (Wildman–Crippen MR) is 67.4 cm³/mol. The molecule has 0 aromatic heterocycles. The second kappa shape index (κ2) is 4.80. The average Bonchev–Trinajstić information content (AvgIpc) is 2.31. The molecule has 0 saturated carbocycles. The lowest BCUT2D eigenvalue weighted by Gasteiger charge is -2.26. The zero-order valence-corrected chi connectivity index (χ0v) is 10.4. The van der Waals surface area contributed by atoms with E-state index >= 15 is 0 Å². The molecule has 1 aliphatic heterocycles. The smallest absolute Gasteiger partial charge is 0.255 e. The summed E-state index contributed by atoms with van der Waals surface area (Å²) >= 11 is 5.97. The summed E-state index contributed by atoms with van der Waals surface area (Å²) in [5, 5.41) is 9.77. The van der Waals surface area contributed by atoms with Crippen LogP contribution in [0.15, 0.2) is 29.8 Å². The van der Waals surface area contributed by atoms with Crippen molar-refractivity contribution in [1.29, 1.82) is 0 Å². The molecule has 0 radical (unpaired) electrons. The summed E-state index contributed by atoms with van der Waals surface area (Å²) in [6.45, 7) is 3.33. The standard InChI is InChI=1S/C13H14ClNO2/c1-9-3-2-6-15(8-9)13(17)11-7-10(16)4-5-12(11)14/h3-5,7,16H,2,6,8H2,1H3. The van der Waals surface area contributed by atoms with Crippen LogP contribution in [0.3, 0.4) is 0 Å². The van der Waals surface area contributed by atoms with E-state index in [0.717, 1.165) is 6.42 Å². The first kappa shape index (κ1) is 12.0. The largest absolute Gasteiger partial charge is 0.508 e. The highest BCUT2D eigenvalue weighted by molar-refractivity contribution is 6.33. The maximum atomic E-state index is 12.2. The molecule has 0 bridgehead atoms. The minimum atomic E-state index is -0.127. The summed E-state index contributed by atoms with van der Waals surface area (Å²) in [7, 11) is 0. The van der Waals surface area contributed by atoms with E-state index in [1.165, 1.54) is 23.8 Å². The van der Waals surface area contributed by atoms with Crippen LogP contribution in [-0.2, 0) is 0 Å². The Kier molecular flexibility index (Phi) is 3.38. The van der Waals surface area contributed by atoms with Crippen LogP contribution < -0.4 is 0 Å². The topological polar surface area (TPSA) is 40.5 Å². The number of phenolic OH excluding ortho intramolecular Hbond substituents is 1. The van der Waals surface area contributed by atoms with Crippen molar-refractivity contribution in [3.8, 4) is 5.75 Å². The van der Waals surface area contributed by atoms with Crippen LogP contribution in [0.5, 0.6) is 5.75 Å². The van der Waals surface area contributed by atoms with Crippen molar-refractivity contribution in [2.45, 2.75) is 13.3 Å². The predicted octanol–water partition coefficient (Wildman–Crippen LogP) is 2.84. The SMILES string of the molecule is CC1=CCCN(C(=O)c2cc(O)ccc2Cl)C1. The maximum Gasteiger partial charge on any atom is 0.255 e. The summed E-state index contributed by atoms with van der Waals surface area (Å²) in [6, 6.07) is 4.43. The molecular formula is C13H14ClNO2. The molecule has 1 aromatic rings. The maximum absolute atomic E-state index is 12.2. The molecule has 1 amide bonds. The Morgan fingerprint density at radius 1 is 1.47 bits per heavy atom. The quantitative estimate of drug-likeness (QED) is 0.780. The van der Waals surface area contributed by atoms with E-state index in [0.29, 0.717) is 23.7 Å². The lowest BCUT2D eigenvalue weighted by atomic mass is 10.1. The molecule has 0 spiro atoms. The Bertz CT molecular complexity index is 482. The van der Waals surface area contributed by atoms with Gasteiger partial charge in [0.15, 0.2) is 0 Å². The minimum absolute atomic E-state index is 0.0574. The third-order valence-corrected chi connectivity index (χ3v) is 3.13. The van der Waals surface area contributed by atoms with E-state index < -0.39 is 0 Å². The van der Waals surface area contributed by atoms with Crippen LogP contribution in [-0.4, -0.2) is 29.0 Å². The molecule has 0 saturated heterocycles. The van der Waals surface area contributed by atoms with Gasteiger partial charge in [0.1, 0.15) is 5.75 Å². The number of hydrogen-bond acceptors (Lipinski definition) is 2. The number of amides is 1. The van der Waals surface area contributed by atoms with Gasteiger partial charge in [-0.3, -0.25) is 4.79 Å². The number of benzene rings is 1. The van der Waals surface area contributed by atoms with Gasteiger partial charge in [-0.1, -0.05) is 23.3 Å². The van der Waals surface area contributed by atoms with Crippen molar-refractivity contribution in [3.05, 3.63) is 40.4 Å². The Morgan fingerprint density at radius 2 is 2.24 bits per heavy atom. The van der Waals surface area contributed by atoms with E-state index in [4.69, 9.17) is 11.6 Å². The number of carbonyl (C=O) groups is 1. The highest BCUT2D eigenvalue weighted by atomic mass is 35.5. The van der Waals surface area contributed by atoms with Crippen molar-refractivity contribution >= 4 is 17.5 Å². The first-order valence-corrected chi connectivity index (χ1v) is 5.89. The number of halogens is 1. The Hall–Kier alpha value is -1.48. The molecule has 0 unspecified atom stereocenters. The van der Waals surface area contributed by atoms with Gasteiger partial charge in [0, 0.05) is 13.1 Å². The molecule has 4 heteroatoms. The number of hydrogen-bond donors (Lipinski definition) is 1. The second-order valence-electron chi connectivity index (χ2n) is 4.23. The zero-order chi connectivity index (χ0) is 12.4. The van der Waals surface area contributed by atoms with E-state index in [2.05, 4.69) is 6.08 Å². The van der Waals surface area contributed by atoms with Crippen LogP contribution in [0.4, 0.5) is 0 Å². The second-order valence-corrected chi connectivity index (χ2v) is 4.64. The van der Waals surface area contributed by atoms with Crippen molar-refractivity contribution in [3.63, 3.8) is 0 Å². The lowest BCUT2D eigenvalue weighted by Crippen LogP contribution is -2.35. The first-order chi connectivity index (χ1) is 8.08. The number of rotatable bonds is 1. The molecule has 2 rings (SSSR count). The van der Waals surface area contributed by atoms with Gasteiger partial charge in [0.25, 0.3) is 5.91 Å². The minimum Gasteiger partial charge on any atom is -0.508 e. The molecule has 0 aliphatic carbocycles. The molecule has 1 aliphatic rings. The summed E-state index contributed by atoms with van der Waals surface area (Å²) < 4.78 is 0. The number of carbonyl (C=O) groups excluding carboxylic acids is 1. The fraction of sp³-hybridized carbons (Fsp3) is 0.308. The highest BCUT2D eigenvalue weighted by Gasteiger charge is 2.20. The molecule has 1 heterocycles. The number of nitrogens with zero attached hydrogens (tertiary/aromatic N) is 1. The zero-order valence-electron chi connectivity index (χ0n) is 9.61. The summed E-state index contributed by atoms with van der Waals surface area (Å²) in [4.78, 5) is 14.0. The van der Waals surface area contributed by atoms with E-state index in [1.54, 1.807) is 4.90 Å². The fourth-order valence-corrected chi connectivity index (χ4v) is 2.13. The van der Waals surface area contributed by atoms with Crippen LogP contribution >= 0.6 is 11.6 Å². The van der Waals surface area contributed by atoms with Gasteiger partial charge in [-0.05, 0) is 31.5 Å². The average molecular weight is 252 g/mol. The van der Waals surface area contributed by atoms with Crippen molar-refractivity contribution in [2.75, 3.05) is 13.1 Å². The van der Waals surface area contributed by atoms with Crippen molar-refractivity contribution in [1.82, 2.24) is 4.90 Å². The molecule has 1 N–H and O–H groups in total. The van der Waals surface area contributed by atoms with Gasteiger partial charge in [0.2, 0.25) is 0 Å². The van der Waals surface area contributed by atoms with Gasteiger partial charge < -0.3 is 10.0 Å². The molecule has 90 valence electrons. The molecular weight excluding hydrogens is 238 g/mol. The Morgan fingerprint density at radius 3 is 2.94 bits per heavy atom. The lowest BCUT2D eigenvalue weighted by molar-refractivity contribution is 0.0765. The van der Waals surface area contributed by atoms with Crippen LogP contribution in [0.1, 0.15) is 23.7 Å².